The number of nitro benzene ring substituents is 1. The van der Waals surface area contributed by atoms with E-state index in [1.165, 1.54) is 35.9 Å². The summed E-state index contributed by atoms with van der Waals surface area (Å²) in [4.78, 5) is 38.0. The summed E-state index contributed by atoms with van der Waals surface area (Å²) in [5, 5.41) is 22.6. The summed E-state index contributed by atoms with van der Waals surface area (Å²) >= 11 is 2.27. The van der Waals surface area contributed by atoms with Crippen molar-refractivity contribution in [2.45, 2.75) is 17.0 Å². The van der Waals surface area contributed by atoms with E-state index in [2.05, 4.69) is 15.5 Å². The Morgan fingerprint density at radius 3 is 2.63 bits per heavy atom. The number of hydrogen-bond donors (Lipinski definition) is 1. The molecule has 2 aromatic carbocycles. The maximum atomic E-state index is 13.0. The Kier molecular flexibility index (Phi) is 7.22. The molecule has 0 unspecified atom stereocenters. The van der Waals surface area contributed by atoms with E-state index in [0.717, 1.165) is 22.2 Å². The molecule has 35 heavy (non-hydrogen) atoms. The number of benzene rings is 2. The summed E-state index contributed by atoms with van der Waals surface area (Å²) < 4.78 is 6.78. The lowest BCUT2D eigenvalue weighted by Crippen LogP contribution is -2.14. The SMILES string of the molecule is CCOC(=O)c1sc(-c2ccccc2)cc1NC(=O)c1ccc(Sc2nncn2C)c([N+](=O)[O-])c1. The summed E-state index contributed by atoms with van der Waals surface area (Å²) in [5.74, 6) is -1.15. The number of anilines is 1. The summed E-state index contributed by atoms with van der Waals surface area (Å²) in [6.07, 6.45) is 1.49. The number of carbonyl (C=O) groups is 2. The van der Waals surface area contributed by atoms with Crippen molar-refractivity contribution >= 4 is 46.3 Å². The largest absolute Gasteiger partial charge is 0.462 e. The minimum Gasteiger partial charge on any atom is -0.462 e. The Morgan fingerprint density at radius 2 is 1.97 bits per heavy atom. The molecule has 0 aliphatic heterocycles. The fourth-order valence-corrected chi connectivity index (χ4v) is 4.98. The van der Waals surface area contributed by atoms with E-state index in [0.29, 0.717) is 10.1 Å². The Morgan fingerprint density at radius 1 is 1.20 bits per heavy atom. The Bertz CT molecular complexity index is 1400. The van der Waals surface area contributed by atoms with E-state index >= 15 is 0 Å². The van der Waals surface area contributed by atoms with Crippen LogP contribution < -0.4 is 5.32 Å². The molecule has 10 nitrogen and oxygen atoms in total. The Labute approximate surface area is 208 Å². The zero-order valence-corrected chi connectivity index (χ0v) is 20.3. The minimum atomic E-state index is -0.591. The van der Waals surface area contributed by atoms with Crippen LogP contribution in [0.25, 0.3) is 10.4 Å². The smallest absolute Gasteiger partial charge is 0.350 e. The van der Waals surface area contributed by atoms with E-state index in [-0.39, 0.29) is 28.4 Å². The van der Waals surface area contributed by atoms with E-state index in [1.807, 2.05) is 30.3 Å². The molecule has 0 fully saturated rings. The minimum absolute atomic E-state index is 0.0706. The lowest BCUT2D eigenvalue weighted by atomic mass is 10.1. The summed E-state index contributed by atoms with van der Waals surface area (Å²) in [5.41, 5.74) is 0.981. The van der Waals surface area contributed by atoms with Gasteiger partial charge in [0.05, 0.1) is 22.1 Å². The van der Waals surface area contributed by atoms with Gasteiger partial charge in [0.2, 0.25) is 0 Å². The first-order chi connectivity index (χ1) is 16.9. The third-order valence-electron chi connectivity index (χ3n) is 4.79. The number of aromatic nitrogens is 3. The Hall–Kier alpha value is -4.03. The second kappa shape index (κ2) is 10.5. The van der Waals surface area contributed by atoms with Crippen LogP contribution in [0, 0.1) is 10.1 Å². The molecule has 0 spiro atoms. The third-order valence-corrected chi connectivity index (χ3v) is 7.07. The van der Waals surface area contributed by atoms with Crippen LogP contribution in [0.15, 0.2) is 71.0 Å². The monoisotopic (exact) mass is 509 g/mol. The fourth-order valence-electron chi connectivity index (χ4n) is 3.12. The number of hydrogen-bond acceptors (Lipinski definition) is 9. The molecule has 4 aromatic rings. The molecule has 12 heteroatoms. The van der Waals surface area contributed by atoms with Gasteiger partial charge in [-0.1, -0.05) is 30.3 Å². The van der Waals surface area contributed by atoms with Crippen molar-refractivity contribution in [3.05, 3.63) is 81.5 Å². The number of aryl methyl sites for hydroxylation is 1. The van der Waals surface area contributed by atoms with Gasteiger partial charge in [-0.15, -0.1) is 21.5 Å². The van der Waals surface area contributed by atoms with Crippen LogP contribution in [0.1, 0.15) is 27.0 Å². The van der Waals surface area contributed by atoms with Crippen LogP contribution in [-0.2, 0) is 11.8 Å². The number of ether oxygens (including phenoxy) is 1. The van der Waals surface area contributed by atoms with Crippen molar-refractivity contribution in [2.75, 3.05) is 11.9 Å². The molecule has 0 radical (unpaired) electrons. The van der Waals surface area contributed by atoms with Crippen molar-refractivity contribution in [3.8, 4) is 10.4 Å². The first-order valence-electron chi connectivity index (χ1n) is 10.4. The second-order valence-electron chi connectivity index (χ2n) is 7.16. The third kappa shape index (κ3) is 5.39. The molecule has 0 atom stereocenters. The number of thiophene rings is 1. The average Bonchev–Trinajstić information content (AvgIpc) is 3.46. The van der Waals surface area contributed by atoms with Gasteiger partial charge in [-0.05, 0) is 42.4 Å². The summed E-state index contributed by atoms with van der Waals surface area (Å²) in [7, 11) is 1.72. The molecular formula is C23H19N5O5S2. The summed E-state index contributed by atoms with van der Waals surface area (Å²) in [6, 6.07) is 15.3. The highest BCUT2D eigenvalue weighted by Crippen LogP contribution is 2.37. The van der Waals surface area contributed by atoms with Crippen LogP contribution >= 0.6 is 23.1 Å². The van der Waals surface area contributed by atoms with Gasteiger partial charge in [0.15, 0.2) is 5.16 Å². The van der Waals surface area contributed by atoms with Crippen molar-refractivity contribution < 1.29 is 19.2 Å². The fraction of sp³-hybridized carbons (Fsp3) is 0.130. The first kappa shape index (κ1) is 24.1. The molecule has 0 saturated carbocycles. The topological polar surface area (TPSA) is 129 Å². The molecule has 0 aliphatic rings. The van der Waals surface area contributed by atoms with Crippen LogP contribution in [0.2, 0.25) is 0 Å². The highest BCUT2D eigenvalue weighted by Gasteiger charge is 2.23. The molecule has 2 aromatic heterocycles. The van der Waals surface area contributed by atoms with Crippen LogP contribution in [0.3, 0.4) is 0 Å². The number of nitrogens with zero attached hydrogens (tertiary/aromatic N) is 4. The number of nitro groups is 1. The normalized spacial score (nSPS) is 10.7. The van der Waals surface area contributed by atoms with Gasteiger partial charge in [0, 0.05) is 23.6 Å². The molecule has 0 saturated heterocycles. The molecule has 2 heterocycles. The molecule has 0 aliphatic carbocycles. The van der Waals surface area contributed by atoms with Gasteiger partial charge >= 0.3 is 5.97 Å². The number of nitrogens with one attached hydrogen (secondary N) is 1. The number of rotatable bonds is 8. The van der Waals surface area contributed by atoms with Gasteiger partial charge in [0.25, 0.3) is 11.6 Å². The van der Waals surface area contributed by atoms with E-state index in [1.54, 1.807) is 24.6 Å². The van der Waals surface area contributed by atoms with Crippen molar-refractivity contribution in [2.24, 2.45) is 7.05 Å². The van der Waals surface area contributed by atoms with Crippen molar-refractivity contribution in [1.82, 2.24) is 14.8 Å². The van der Waals surface area contributed by atoms with Gasteiger partial charge in [-0.2, -0.15) is 0 Å². The predicted molar refractivity (Wildman–Crippen MR) is 132 cm³/mol. The molecule has 1 N–H and O–H groups in total. The van der Waals surface area contributed by atoms with Crippen LogP contribution in [0.4, 0.5) is 11.4 Å². The number of carbonyl (C=O) groups excluding carboxylic acids is 2. The molecule has 4 rings (SSSR count). The first-order valence-corrected chi connectivity index (χ1v) is 12.0. The van der Waals surface area contributed by atoms with Crippen molar-refractivity contribution in [1.29, 1.82) is 0 Å². The Balaban J connectivity index is 1.64. The highest BCUT2D eigenvalue weighted by atomic mass is 32.2. The van der Waals surface area contributed by atoms with E-state index in [4.69, 9.17) is 4.74 Å². The molecular weight excluding hydrogens is 490 g/mol. The van der Waals surface area contributed by atoms with Gasteiger partial charge in [-0.3, -0.25) is 14.9 Å². The van der Waals surface area contributed by atoms with E-state index in [9.17, 15) is 19.7 Å². The number of amides is 1. The predicted octanol–water partition coefficient (Wildman–Crippen LogP) is 5.03. The van der Waals surface area contributed by atoms with Crippen molar-refractivity contribution in [3.63, 3.8) is 0 Å². The highest BCUT2D eigenvalue weighted by molar-refractivity contribution is 7.99. The summed E-state index contributed by atoms with van der Waals surface area (Å²) in [6.45, 7) is 1.88. The molecule has 0 bridgehead atoms. The lowest BCUT2D eigenvalue weighted by molar-refractivity contribution is -0.387. The average molecular weight is 510 g/mol. The zero-order valence-electron chi connectivity index (χ0n) is 18.6. The lowest BCUT2D eigenvalue weighted by Gasteiger charge is -2.08. The van der Waals surface area contributed by atoms with Crippen LogP contribution in [-0.4, -0.2) is 38.2 Å². The van der Waals surface area contributed by atoms with Gasteiger partial charge < -0.3 is 14.6 Å². The maximum Gasteiger partial charge on any atom is 0.350 e. The van der Waals surface area contributed by atoms with Gasteiger partial charge in [-0.25, -0.2) is 4.79 Å². The second-order valence-corrected chi connectivity index (χ2v) is 9.22. The zero-order chi connectivity index (χ0) is 24.9. The molecule has 178 valence electrons. The van der Waals surface area contributed by atoms with E-state index < -0.39 is 16.8 Å². The molecule has 1 amide bonds. The quantitative estimate of drug-likeness (QED) is 0.199. The maximum absolute atomic E-state index is 13.0. The standard InChI is InChI=1S/C23H19N5O5S2/c1-3-33-22(30)20-16(12-19(34-20)14-7-5-4-6-8-14)25-21(29)15-9-10-18(17(11-15)28(31)32)35-23-26-24-13-27(23)2/h4-13H,3H2,1-2H3,(H,25,29). The van der Waals surface area contributed by atoms with Gasteiger partial charge in [0.1, 0.15) is 11.2 Å². The van der Waals surface area contributed by atoms with Crippen LogP contribution in [0.5, 0.6) is 0 Å². The number of esters is 1.